The van der Waals surface area contributed by atoms with Gasteiger partial charge in [-0.15, -0.1) is 0 Å². The van der Waals surface area contributed by atoms with E-state index in [-0.39, 0.29) is 5.41 Å². The molecule has 2 heteroatoms. The van der Waals surface area contributed by atoms with Gasteiger partial charge in [-0.25, -0.2) is 0 Å². The summed E-state index contributed by atoms with van der Waals surface area (Å²) in [4.78, 5) is 2.32. The topological polar surface area (TPSA) is 8.17 Å². The molecule has 55 heavy (non-hydrogen) atoms. The molecule has 0 bridgehead atoms. The summed E-state index contributed by atoms with van der Waals surface area (Å²) in [6.45, 7) is 9.26. The predicted octanol–water partition coefficient (Wildman–Crippen LogP) is 14.5. The Bertz CT molecular complexity index is 2910. The van der Waals surface area contributed by atoms with E-state index >= 15 is 0 Å². The third-order valence-corrected chi connectivity index (χ3v) is 12.0. The summed E-state index contributed by atoms with van der Waals surface area (Å²) in [5.74, 6) is 0. The molecule has 0 saturated heterocycles. The number of benzene rings is 8. The highest BCUT2D eigenvalue weighted by Crippen LogP contribution is 2.51. The number of rotatable bonds is 6. The highest BCUT2D eigenvalue weighted by atomic mass is 15.1. The molecule has 0 atom stereocenters. The maximum Gasteiger partial charge on any atom is 0.0537 e. The van der Waals surface area contributed by atoms with E-state index in [4.69, 9.17) is 0 Å². The summed E-state index contributed by atoms with van der Waals surface area (Å²) in [6, 6.07) is 62.0. The molecule has 0 amide bonds. The summed E-state index contributed by atoms with van der Waals surface area (Å²) in [5, 5.41) is 6.33. The van der Waals surface area contributed by atoms with Crippen LogP contribution in [0.15, 0.2) is 170 Å². The van der Waals surface area contributed by atoms with Crippen LogP contribution >= 0.6 is 0 Å². The number of fused-ring (bicyclic) bond motifs is 7. The number of nitrogens with zero attached hydrogens (tertiary/aromatic N) is 2. The van der Waals surface area contributed by atoms with E-state index in [1.54, 1.807) is 0 Å². The van der Waals surface area contributed by atoms with Crippen LogP contribution in [0.3, 0.4) is 0 Å². The van der Waals surface area contributed by atoms with Crippen LogP contribution in [-0.2, 0) is 5.41 Å². The molecule has 1 aliphatic rings. The van der Waals surface area contributed by atoms with Crippen molar-refractivity contribution in [1.82, 2.24) is 4.57 Å². The Labute approximate surface area is 323 Å². The SMILES string of the molecule is Cc1c(C)n(-c2ccccc2)c2cc3c(cc12)-c1ccc(/C=C/c2ccc4c(ccc5cc(N(c6ccccc6)c6ccccc6)ccc54)c2)cc1C3(C)C. The average Bonchev–Trinajstić information content (AvgIpc) is 3.60. The van der Waals surface area contributed by atoms with Gasteiger partial charge in [-0.2, -0.15) is 0 Å². The largest absolute Gasteiger partial charge is 0.314 e. The normalized spacial score (nSPS) is 13.2. The van der Waals surface area contributed by atoms with Crippen LogP contribution in [0.25, 0.3) is 61.4 Å². The van der Waals surface area contributed by atoms with Crippen molar-refractivity contribution in [1.29, 1.82) is 0 Å². The molecule has 0 fully saturated rings. The average molecular weight is 707 g/mol. The molecule has 1 heterocycles. The van der Waals surface area contributed by atoms with Gasteiger partial charge in [0.25, 0.3) is 0 Å². The second-order valence-electron chi connectivity index (χ2n) is 15.5. The number of hydrogen-bond acceptors (Lipinski definition) is 1. The van der Waals surface area contributed by atoms with E-state index in [2.05, 4.69) is 219 Å². The number of anilines is 3. The zero-order chi connectivity index (χ0) is 37.3. The number of aromatic nitrogens is 1. The first-order valence-electron chi connectivity index (χ1n) is 19.3. The first kappa shape index (κ1) is 33.0. The second-order valence-corrected chi connectivity index (χ2v) is 15.5. The molecule has 1 aromatic heterocycles. The third kappa shape index (κ3) is 5.40. The van der Waals surface area contributed by atoms with E-state index in [1.165, 1.54) is 82.8 Å². The molecule has 2 nitrogen and oxygen atoms in total. The van der Waals surface area contributed by atoms with Crippen LogP contribution < -0.4 is 4.90 Å². The van der Waals surface area contributed by atoms with Gasteiger partial charge in [-0.3, -0.25) is 0 Å². The third-order valence-electron chi connectivity index (χ3n) is 12.0. The number of aryl methyl sites for hydroxylation is 1. The molecule has 1 aliphatic carbocycles. The lowest BCUT2D eigenvalue weighted by Gasteiger charge is -2.25. The Morgan fingerprint density at radius 3 is 1.71 bits per heavy atom. The lowest BCUT2D eigenvalue weighted by molar-refractivity contribution is 0.660. The summed E-state index contributed by atoms with van der Waals surface area (Å²) in [5.41, 5.74) is 16.4. The van der Waals surface area contributed by atoms with E-state index in [0.717, 1.165) is 17.1 Å². The van der Waals surface area contributed by atoms with Crippen molar-refractivity contribution in [3.8, 4) is 16.8 Å². The van der Waals surface area contributed by atoms with Gasteiger partial charge >= 0.3 is 0 Å². The highest BCUT2D eigenvalue weighted by molar-refractivity contribution is 6.09. The van der Waals surface area contributed by atoms with E-state index in [0.29, 0.717) is 0 Å². The Balaban J connectivity index is 0.963. The smallest absolute Gasteiger partial charge is 0.0537 e. The van der Waals surface area contributed by atoms with Gasteiger partial charge in [-0.1, -0.05) is 129 Å². The van der Waals surface area contributed by atoms with Gasteiger partial charge in [0, 0.05) is 39.2 Å². The van der Waals surface area contributed by atoms with Gasteiger partial charge in [0.05, 0.1) is 5.52 Å². The first-order valence-corrected chi connectivity index (χ1v) is 19.3. The van der Waals surface area contributed by atoms with Crippen molar-refractivity contribution < 1.29 is 0 Å². The van der Waals surface area contributed by atoms with Crippen molar-refractivity contribution in [2.24, 2.45) is 0 Å². The monoisotopic (exact) mass is 706 g/mol. The molecule has 0 unspecified atom stereocenters. The quantitative estimate of drug-likeness (QED) is 0.123. The maximum absolute atomic E-state index is 2.45. The fourth-order valence-electron chi connectivity index (χ4n) is 8.94. The van der Waals surface area contributed by atoms with E-state index < -0.39 is 0 Å². The van der Waals surface area contributed by atoms with Crippen molar-refractivity contribution in [3.63, 3.8) is 0 Å². The maximum atomic E-state index is 2.45. The summed E-state index contributed by atoms with van der Waals surface area (Å²) in [7, 11) is 0. The molecule has 10 rings (SSSR count). The minimum atomic E-state index is -0.112. The molecule has 264 valence electrons. The molecule has 0 aliphatic heterocycles. The Morgan fingerprint density at radius 1 is 0.473 bits per heavy atom. The minimum Gasteiger partial charge on any atom is -0.314 e. The summed E-state index contributed by atoms with van der Waals surface area (Å²) in [6.07, 6.45) is 4.52. The zero-order valence-electron chi connectivity index (χ0n) is 31.7. The van der Waals surface area contributed by atoms with Crippen LogP contribution in [0.5, 0.6) is 0 Å². The minimum absolute atomic E-state index is 0.112. The van der Waals surface area contributed by atoms with Crippen LogP contribution in [0.4, 0.5) is 17.1 Å². The van der Waals surface area contributed by atoms with Crippen molar-refractivity contribution in [2.75, 3.05) is 4.90 Å². The Kier molecular flexibility index (Phi) is 7.64. The molecule has 9 aromatic rings. The molecule has 0 radical (unpaired) electrons. The van der Waals surface area contributed by atoms with E-state index in [9.17, 15) is 0 Å². The van der Waals surface area contributed by atoms with Gasteiger partial charge in [0.15, 0.2) is 0 Å². The fraction of sp³-hybridized carbons (Fsp3) is 0.0943. The number of hydrogen-bond donors (Lipinski definition) is 0. The van der Waals surface area contributed by atoms with Crippen LogP contribution in [-0.4, -0.2) is 4.57 Å². The van der Waals surface area contributed by atoms with Crippen molar-refractivity contribution >= 4 is 61.7 Å². The highest BCUT2D eigenvalue weighted by Gasteiger charge is 2.36. The Morgan fingerprint density at radius 2 is 1.04 bits per heavy atom. The van der Waals surface area contributed by atoms with Crippen LogP contribution in [0, 0.1) is 13.8 Å². The van der Waals surface area contributed by atoms with Crippen LogP contribution in [0.2, 0.25) is 0 Å². The Hall–Kier alpha value is -6.64. The molecule has 8 aromatic carbocycles. The van der Waals surface area contributed by atoms with Gasteiger partial charge < -0.3 is 9.47 Å². The van der Waals surface area contributed by atoms with Crippen LogP contribution in [0.1, 0.15) is 47.4 Å². The summed E-state index contributed by atoms with van der Waals surface area (Å²) < 4.78 is 2.42. The first-order chi connectivity index (χ1) is 26.8. The standard InChI is InChI=1S/C53H42N2/c1-35-36(2)54(41-14-8-5-9-15-41)52-34-51-49(33-48(35)52)47-28-23-38(31-50(47)53(51,3)4)21-20-37-22-27-45-39(30-37)24-25-40-32-44(26-29-46(40)45)55(42-16-10-6-11-17-42)43-18-12-7-13-19-43/h5-34H,1-4H3/b21-20+. The summed E-state index contributed by atoms with van der Waals surface area (Å²) >= 11 is 0. The molecule has 0 saturated carbocycles. The lowest BCUT2D eigenvalue weighted by Crippen LogP contribution is -2.15. The molecular weight excluding hydrogens is 665 g/mol. The second kappa shape index (κ2) is 12.7. The predicted molar refractivity (Wildman–Crippen MR) is 235 cm³/mol. The molecule has 0 N–H and O–H groups in total. The van der Waals surface area contributed by atoms with Gasteiger partial charge in [0.2, 0.25) is 0 Å². The van der Waals surface area contributed by atoms with Gasteiger partial charge in [0.1, 0.15) is 0 Å². The van der Waals surface area contributed by atoms with Crippen molar-refractivity contribution in [3.05, 3.63) is 203 Å². The molecule has 0 spiro atoms. The van der Waals surface area contributed by atoms with E-state index in [1.807, 2.05) is 0 Å². The lowest BCUT2D eigenvalue weighted by atomic mass is 9.81. The molecular formula is C53H42N2. The zero-order valence-corrected chi connectivity index (χ0v) is 31.7. The fourth-order valence-corrected chi connectivity index (χ4v) is 8.94. The van der Waals surface area contributed by atoms with Crippen molar-refractivity contribution in [2.45, 2.75) is 33.1 Å². The number of para-hydroxylation sites is 3. The van der Waals surface area contributed by atoms with Gasteiger partial charge in [-0.05, 0) is 141 Å².